The van der Waals surface area contributed by atoms with E-state index in [1.54, 1.807) is 0 Å². The molecule has 7 nitrogen and oxygen atoms in total. The van der Waals surface area contributed by atoms with Gasteiger partial charge in [-0.1, -0.05) is 6.92 Å². The number of rotatable bonds is 5. The van der Waals surface area contributed by atoms with Crippen molar-refractivity contribution in [1.82, 2.24) is 19.9 Å². The minimum absolute atomic E-state index is 0.268. The first-order chi connectivity index (χ1) is 16.1. The van der Waals surface area contributed by atoms with Gasteiger partial charge in [0.2, 0.25) is 5.95 Å². The lowest BCUT2D eigenvalue weighted by atomic mass is 9.86. The van der Waals surface area contributed by atoms with E-state index in [2.05, 4.69) is 39.8 Å². The number of anilines is 1. The molecule has 2 fully saturated rings. The fraction of sp³-hybridized carbons (Fsp3) is 0.654. The van der Waals surface area contributed by atoms with Gasteiger partial charge in [0.15, 0.2) is 5.75 Å². The summed E-state index contributed by atoms with van der Waals surface area (Å²) in [6, 6.07) is 2.24. The molecule has 5 rings (SSSR count). The second-order valence-electron chi connectivity index (χ2n) is 9.93. The van der Waals surface area contributed by atoms with Crippen molar-refractivity contribution < 1.29 is 9.84 Å². The summed E-state index contributed by atoms with van der Waals surface area (Å²) in [5, 5.41) is 10.4. The van der Waals surface area contributed by atoms with Gasteiger partial charge in [-0.2, -0.15) is 0 Å². The molecule has 1 unspecified atom stereocenters. The van der Waals surface area contributed by atoms with Crippen molar-refractivity contribution in [3.05, 3.63) is 41.0 Å². The molecule has 0 saturated carbocycles. The summed E-state index contributed by atoms with van der Waals surface area (Å²) in [6.07, 6.45) is 11.6. The third-order valence-electron chi connectivity index (χ3n) is 7.63. The van der Waals surface area contributed by atoms with Crippen molar-refractivity contribution in [2.45, 2.75) is 76.4 Å². The van der Waals surface area contributed by atoms with Crippen LogP contribution in [0.5, 0.6) is 5.75 Å². The number of aliphatic hydroxyl groups excluding tert-OH is 1. The highest BCUT2D eigenvalue weighted by Crippen LogP contribution is 2.35. The van der Waals surface area contributed by atoms with Crippen molar-refractivity contribution in [1.29, 1.82) is 0 Å². The van der Waals surface area contributed by atoms with E-state index >= 15 is 0 Å². The van der Waals surface area contributed by atoms with Crippen LogP contribution >= 0.6 is 0 Å². The molecule has 0 aromatic carbocycles. The predicted molar refractivity (Wildman–Crippen MR) is 129 cm³/mol. The van der Waals surface area contributed by atoms with Crippen molar-refractivity contribution in [3.63, 3.8) is 0 Å². The van der Waals surface area contributed by atoms with Crippen LogP contribution in [0.25, 0.3) is 0 Å². The summed E-state index contributed by atoms with van der Waals surface area (Å²) in [4.78, 5) is 19.0. The second-order valence-corrected chi connectivity index (χ2v) is 9.93. The van der Waals surface area contributed by atoms with Gasteiger partial charge in [-0.3, -0.25) is 4.98 Å². The van der Waals surface area contributed by atoms with E-state index < -0.39 is 0 Å². The Kier molecular flexibility index (Phi) is 6.79. The Morgan fingerprint density at radius 2 is 1.76 bits per heavy atom. The van der Waals surface area contributed by atoms with E-state index in [0.717, 1.165) is 101 Å². The third kappa shape index (κ3) is 4.99. The van der Waals surface area contributed by atoms with Crippen LogP contribution in [0.4, 0.5) is 5.95 Å². The van der Waals surface area contributed by atoms with E-state index in [0.29, 0.717) is 5.92 Å². The largest absolute Gasteiger partial charge is 0.487 e. The summed E-state index contributed by atoms with van der Waals surface area (Å²) in [7, 11) is 2.16. The zero-order valence-electron chi connectivity index (χ0n) is 20.0. The number of piperidine rings is 2. The lowest BCUT2D eigenvalue weighted by Gasteiger charge is -2.33. The normalized spacial score (nSPS) is 22.9. The van der Waals surface area contributed by atoms with Crippen molar-refractivity contribution in [2.24, 2.45) is 0 Å². The van der Waals surface area contributed by atoms with Crippen LogP contribution in [0.3, 0.4) is 0 Å². The Bertz CT molecular complexity index is 934. The van der Waals surface area contributed by atoms with Crippen molar-refractivity contribution >= 4 is 5.95 Å². The first-order valence-electron chi connectivity index (χ1n) is 12.7. The molecule has 0 amide bonds. The monoisotopic (exact) mass is 451 g/mol. The molecular weight excluding hydrogens is 414 g/mol. The minimum Gasteiger partial charge on any atom is -0.487 e. The van der Waals surface area contributed by atoms with E-state index in [9.17, 15) is 5.11 Å². The molecule has 178 valence electrons. The Balaban J connectivity index is 1.21. The number of nitrogens with zero attached hydrogens (tertiary/aromatic N) is 5. The molecule has 3 aliphatic rings. The SMILES string of the molecule is CCc1cc2c(nc1C1CCN(c3ncc(OC4CCN(C)CC4)cn3)CC1)CCCC2O. The Hall–Kier alpha value is -2.25. The fourth-order valence-corrected chi connectivity index (χ4v) is 5.55. The zero-order chi connectivity index (χ0) is 22.8. The molecule has 2 aromatic rings. The van der Waals surface area contributed by atoms with Crippen LogP contribution in [-0.2, 0) is 12.8 Å². The number of fused-ring (bicyclic) bond motifs is 1. The van der Waals surface area contributed by atoms with Gasteiger partial charge in [-0.05, 0) is 70.0 Å². The number of aliphatic hydroxyl groups is 1. The summed E-state index contributed by atoms with van der Waals surface area (Å²) >= 11 is 0. The van der Waals surface area contributed by atoms with Gasteiger partial charge in [0.05, 0.1) is 18.5 Å². The lowest BCUT2D eigenvalue weighted by Crippen LogP contribution is -2.36. The number of hydrogen-bond donors (Lipinski definition) is 1. The number of likely N-dealkylation sites (tertiary alicyclic amines) is 1. The molecular formula is C26H37N5O2. The van der Waals surface area contributed by atoms with Crippen LogP contribution in [0.2, 0.25) is 0 Å². The highest BCUT2D eigenvalue weighted by molar-refractivity contribution is 5.37. The molecule has 2 aromatic heterocycles. The zero-order valence-corrected chi connectivity index (χ0v) is 20.0. The maximum Gasteiger partial charge on any atom is 0.225 e. The van der Waals surface area contributed by atoms with E-state index in [-0.39, 0.29) is 12.2 Å². The molecule has 1 aliphatic carbocycles. The second kappa shape index (κ2) is 9.94. The summed E-state index contributed by atoms with van der Waals surface area (Å²) < 4.78 is 6.10. The number of ether oxygens (including phenoxy) is 1. The smallest absolute Gasteiger partial charge is 0.225 e. The number of pyridine rings is 1. The minimum atomic E-state index is -0.342. The third-order valence-corrected chi connectivity index (χ3v) is 7.63. The van der Waals surface area contributed by atoms with Gasteiger partial charge in [0, 0.05) is 49.0 Å². The van der Waals surface area contributed by atoms with Gasteiger partial charge in [0.1, 0.15) is 6.10 Å². The van der Waals surface area contributed by atoms with E-state index in [4.69, 9.17) is 9.72 Å². The van der Waals surface area contributed by atoms with E-state index in [1.807, 2.05) is 12.4 Å². The quantitative estimate of drug-likeness (QED) is 0.744. The van der Waals surface area contributed by atoms with Crippen LogP contribution in [0, 0.1) is 0 Å². The number of aryl methyl sites for hydroxylation is 2. The Morgan fingerprint density at radius 3 is 2.45 bits per heavy atom. The molecule has 33 heavy (non-hydrogen) atoms. The highest BCUT2D eigenvalue weighted by Gasteiger charge is 2.28. The molecule has 2 aliphatic heterocycles. The van der Waals surface area contributed by atoms with Crippen LogP contribution < -0.4 is 9.64 Å². The Labute approximate surface area is 197 Å². The Morgan fingerprint density at radius 1 is 1.03 bits per heavy atom. The van der Waals surface area contributed by atoms with E-state index in [1.165, 1.54) is 11.3 Å². The molecule has 0 bridgehead atoms. The number of aromatic nitrogens is 3. The summed E-state index contributed by atoms with van der Waals surface area (Å²) in [5.41, 5.74) is 4.75. The van der Waals surface area contributed by atoms with Gasteiger partial charge in [-0.15, -0.1) is 0 Å². The molecule has 0 spiro atoms. The van der Waals surface area contributed by atoms with Gasteiger partial charge >= 0.3 is 0 Å². The molecule has 2 saturated heterocycles. The van der Waals surface area contributed by atoms with Crippen molar-refractivity contribution in [3.8, 4) is 5.75 Å². The topological polar surface area (TPSA) is 74.6 Å². The van der Waals surface area contributed by atoms with Crippen molar-refractivity contribution in [2.75, 3.05) is 38.1 Å². The van der Waals surface area contributed by atoms with Crippen LogP contribution in [-0.4, -0.2) is 64.3 Å². The molecule has 4 heterocycles. The average molecular weight is 452 g/mol. The maximum absolute atomic E-state index is 10.4. The average Bonchev–Trinajstić information content (AvgIpc) is 2.86. The molecule has 0 radical (unpaired) electrons. The number of hydrogen-bond acceptors (Lipinski definition) is 7. The highest BCUT2D eigenvalue weighted by atomic mass is 16.5. The molecule has 1 N–H and O–H groups in total. The van der Waals surface area contributed by atoms with Gasteiger partial charge < -0.3 is 19.6 Å². The fourth-order valence-electron chi connectivity index (χ4n) is 5.55. The lowest BCUT2D eigenvalue weighted by molar-refractivity contribution is 0.113. The van der Waals surface area contributed by atoms with Gasteiger partial charge in [0.25, 0.3) is 0 Å². The summed E-state index contributed by atoms with van der Waals surface area (Å²) in [6.45, 7) is 6.23. The predicted octanol–water partition coefficient (Wildman–Crippen LogP) is 3.66. The standard InChI is InChI=1S/C26H37N5O2/c1-3-18-15-22-23(5-4-6-24(22)32)29-25(18)19-7-13-31(14-8-19)26-27-16-21(17-28-26)33-20-9-11-30(2)12-10-20/h15-17,19-20,24,32H,3-14H2,1-2H3. The summed E-state index contributed by atoms with van der Waals surface area (Å²) in [5.74, 6) is 2.03. The van der Waals surface area contributed by atoms with Gasteiger partial charge in [-0.25, -0.2) is 9.97 Å². The molecule has 1 atom stereocenters. The first kappa shape index (κ1) is 22.5. The van der Waals surface area contributed by atoms with Crippen LogP contribution in [0.1, 0.15) is 80.0 Å². The maximum atomic E-state index is 10.4. The first-order valence-corrected chi connectivity index (χ1v) is 12.7. The van der Waals surface area contributed by atoms with Crippen LogP contribution in [0.15, 0.2) is 18.5 Å². The molecule has 7 heteroatoms.